The van der Waals surface area contributed by atoms with Crippen LogP contribution in [0.15, 0.2) is 23.2 Å². The lowest BCUT2D eigenvalue weighted by molar-refractivity contribution is 0.0905. The molecule has 0 amide bonds. The van der Waals surface area contributed by atoms with Crippen LogP contribution >= 0.6 is 0 Å². The van der Waals surface area contributed by atoms with E-state index >= 15 is 0 Å². The van der Waals surface area contributed by atoms with E-state index in [1.807, 2.05) is 0 Å². The Morgan fingerprint density at radius 1 is 1.28 bits per heavy atom. The molecule has 1 fully saturated rings. The second kappa shape index (κ2) is 7.06. The number of aromatic nitrogens is 1. The maximum Gasteiger partial charge on any atom is 0.233 e. The molecular weight excluding hydrogens is 318 g/mol. The molecule has 3 N–H and O–H groups in total. The number of H-pyrrole nitrogens is 1. The maximum atomic E-state index is 9.07. The maximum absolute atomic E-state index is 9.07. The zero-order valence-corrected chi connectivity index (χ0v) is 14.5. The topological polar surface area (TPSA) is 78.9 Å². The van der Waals surface area contributed by atoms with Crippen molar-refractivity contribution in [3.05, 3.63) is 29.5 Å². The van der Waals surface area contributed by atoms with Gasteiger partial charge in [0, 0.05) is 31.2 Å². The van der Waals surface area contributed by atoms with Crippen molar-refractivity contribution in [2.75, 3.05) is 31.7 Å². The highest BCUT2D eigenvalue weighted by Crippen LogP contribution is 2.29. The van der Waals surface area contributed by atoms with E-state index in [0.29, 0.717) is 25.0 Å². The smallest absolute Gasteiger partial charge is 0.233 e. The molecule has 134 valence electrons. The van der Waals surface area contributed by atoms with Crippen LogP contribution in [-0.2, 0) is 9.47 Å². The van der Waals surface area contributed by atoms with E-state index in [1.54, 1.807) is 0 Å². The van der Waals surface area contributed by atoms with Gasteiger partial charge in [-0.15, -0.1) is 0 Å². The third-order valence-electron chi connectivity index (χ3n) is 4.86. The number of anilines is 1. The lowest BCUT2D eigenvalue weighted by Crippen LogP contribution is -2.27. The summed E-state index contributed by atoms with van der Waals surface area (Å²) in [5.74, 6) is 0.643. The molecule has 6 nitrogen and oxygen atoms in total. The van der Waals surface area contributed by atoms with Gasteiger partial charge < -0.3 is 24.9 Å². The Balaban J connectivity index is 1.63. The average molecular weight is 343 g/mol. The minimum Gasteiger partial charge on any atom is -0.474 e. The highest BCUT2D eigenvalue weighted by Gasteiger charge is 2.22. The van der Waals surface area contributed by atoms with E-state index in [2.05, 4.69) is 40.4 Å². The summed E-state index contributed by atoms with van der Waals surface area (Å²) >= 11 is 0. The lowest BCUT2D eigenvalue weighted by atomic mass is 10.1. The van der Waals surface area contributed by atoms with E-state index in [4.69, 9.17) is 14.6 Å². The average Bonchev–Trinajstić information content (AvgIpc) is 3.23. The summed E-state index contributed by atoms with van der Waals surface area (Å²) < 4.78 is 11.2. The Kier molecular flexibility index (Phi) is 4.63. The van der Waals surface area contributed by atoms with Crippen molar-refractivity contribution in [1.29, 1.82) is 0 Å². The minimum absolute atomic E-state index is 0.0491. The van der Waals surface area contributed by atoms with Crippen LogP contribution in [0.4, 0.5) is 5.69 Å². The summed E-state index contributed by atoms with van der Waals surface area (Å²) in [6.45, 7) is 4.43. The Bertz CT molecular complexity index is 778. The van der Waals surface area contributed by atoms with Crippen molar-refractivity contribution < 1.29 is 14.6 Å². The Hall–Kier alpha value is -2.05. The van der Waals surface area contributed by atoms with Gasteiger partial charge in [-0.1, -0.05) is 0 Å². The first-order valence-corrected chi connectivity index (χ1v) is 9.02. The summed E-state index contributed by atoms with van der Waals surface area (Å²) in [5.41, 5.74) is 4.33. The van der Waals surface area contributed by atoms with Gasteiger partial charge >= 0.3 is 0 Å². The fourth-order valence-electron chi connectivity index (χ4n) is 3.54. The Labute approximate surface area is 147 Å². The third-order valence-corrected chi connectivity index (χ3v) is 4.86. The number of rotatable bonds is 5. The summed E-state index contributed by atoms with van der Waals surface area (Å²) in [6.07, 6.45) is 2.70. The fourth-order valence-corrected chi connectivity index (χ4v) is 3.54. The third kappa shape index (κ3) is 3.50. The monoisotopic (exact) mass is 343 g/mol. The van der Waals surface area contributed by atoms with Gasteiger partial charge in [0.15, 0.2) is 0 Å². The van der Waals surface area contributed by atoms with Crippen molar-refractivity contribution in [3.63, 3.8) is 0 Å². The number of hydrogen-bond donors (Lipinski definition) is 3. The molecule has 0 bridgehead atoms. The van der Waals surface area contributed by atoms with Gasteiger partial charge in [-0.05, 0) is 49.9 Å². The standard InChI is InChI=1S/C19H25N3O3/c1-12-8-13-10-17(19-21-15(2-5-23)11-25-19)22-18(13)16(9-12)20-14-3-6-24-7-4-14/h8-10,14-15,20,22-23H,2-7,11H2,1H3/t15-/m0/s1. The molecule has 4 rings (SSSR count). The quantitative estimate of drug-likeness (QED) is 0.780. The molecule has 0 unspecified atom stereocenters. The first-order valence-electron chi connectivity index (χ1n) is 9.02. The molecule has 1 aromatic carbocycles. The van der Waals surface area contributed by atoms with Crippen molar-refractivity contribution in [3.8, 4) is 0 Å². The number of aliphatic hydroxyl groups excluding tert-OH is 1. The second-order valence-electron chi connectivity index (χ2n) is 6.90. The van der Waals surface area contributed by atoms with Crippen LogP contribution in [0.3, 0.4) is 0 Å². The number of ether oxygens (including phenoxy) is 2. The van der Waals surface area contributed by atoms with E-state index in [9.17, 15) is 0 Å². The number of nitrogens with zero attached hydrogens (tertiary/aromatic N) is 1. The normalized spacial score (nSPS) is 21.4. The summed E-state index contributed by atoms with van der Waals surface area (Å²) in [4.78, 5) is 8.05. The van der Waals surface area contributed by atoms with E-state index < -0.39 is 0 Å². The largest absolute Gasteiger partial charge is 0.474 e. The number of nitrogens with one attached hydrogen (secondary N) is 2. The van der Waals surface area contributed by atoms with Crippen LogP contribution in [0, 0.1) is 6.92 Å². The van der Waals surface area contributed by atoms with Crippen molar-refractivity contribution in [2.24, 2.45) is 4.99 Å². The Morgan fingerprint density at radius 3 is 2.92 bits per heavy atom. The lowest BCUT2D eigenvalue weighted by Gasteiger charge is -2.24. The van der Waals surface area contributed by atoms with E-state index in [1.165, 1.54) is 5.56 Å². The molecule has 2 aliphatic heterocycles. The summed E-state index contributed by atoms with van der Waals surface area (Å²) in [7, 11) is 0. The second-order valence-corrected chi connectivity index (χ2v) is 6.90. The molecule has 3 heterocycles. The number of aliphatic imine (C=N–C) groups is 1. The predicted molar refractivity (Wildman–Crippen MR) is 98.5 cm³/mol. The van der Waals surface area contributed by atoms with Gasteiger partial charge in [-0.3, -0.25) is 0 Å². The van der Waals surface area contributed by atoms with Crippen LogP contribution in [0.5, 0.6) is 0 Å². The fraction of sp³-hybridized carbons (Fsp3) is 0.526. The zero-order valence-electron chi connectivity index (χ0n) is 14.5. The predicted octanol–water partition coefficient (Wildman–Crippen LogP) is 2.60. The minimum atomic E-state index is 0.0491. The van der Waals surface area contributed by atoms with Crippen LogP contribution in [-0.4, -0.2) is 54.5 Å². The highest BCUT2D eigenvalue weighted by atomic mass is 16.5. The number of aliphatic hydroxyl groups is 1. The molecule has 0 spiro atoms. The van der Waals surface area contributed by atoms with Gasteiger partial charge in [0.1, 0.15) is 12.3 Å². The van der Waals surface area contributed by atoms with Crippen LogP contribution in [0.1, 0.15) is 30.5 Å². The highest BCUT2D eigenvalue weighted by molar-refractivity contribution is 6.02. The van der Waals surface area contributed by atoms with E-state index in [-0.39, 0.29) is 12.6 Å². The molecule has 1 aromatic heterocycles. The molecule has 0 saturated carbocycles. The number of benzene rings is 1. The van der Waals surface area contributed by atoms with Crippen LogP contribution in [0.2, 0.25) is 0 Å². The van der Waals surface area contributed by atoms with Crippen molar-refractivity contribution in [2.45, 2.75) is 38.3 Å². The van der Waals surface area contributed by atoms with Crippen LogP contribution < -0.4 is 5.32 Å². The molecule has 25 heavy (non-hydrogen) atoms. The number of hydrogen-bond acceptors (Lipinski definition) is 5. The van der Waals surface area contributed by atoms with Crippen molar-refractivity contribution >= 4 is 22.5 Å². The molecular formula is C19H25N3O3. The van der Waals surface area contributed by atoms with Crippen LogP contribution in [0.25, 0.3) is 10.9 Å². The zero-order chi connectivity index (χ0) is 17.2. The number of fused-ring (bicyclic) bond motifs is 1. The van der Waals surface area contributed by atoms with E-state index in [0.717, 1.165) is 48.3 Å². The first-order chi connectivity index (χ1) is 12.2. The van der Waals surface area contributed by atoms with Gasteiger partial charge in [-0.2, -0.15) is 0 Å². The number of aryl methyl sites for hydroxylation is 1. The van der Waals surface area contributed by atoms with Gasteiger partial charge in [0.05, 0.1) is 17.2 Å². The van der Waals surface area contributed by atoms with Gasteiger partial charge in [-0.25, -0.2) is 4.99 Å². The number of aromatic amines is 1. The molecule has 2 aromatic rings. The first kappa shape index (κ1) is 16.4. The molecule has 1 atom stereocenters. The van der Waals surface area contributed by atoms with Gasteiger partial charge in [0.25, 0.3) is 0 Å². The SMILES string of the molecule is Cc1cc(NC2CCOCC2)c2[nH]c(C3=N[C@@H](CCO)CO3)cc2c1. The molecule has 6 heteroatoms. The Morgan fingerprint density at radius 2 is 2.12 bits per heavy atom. The summed E-state index contributed by atoms with van der Waals surface area (Å²) in [5, 5.41) is 13.9. The molecule has 1 saturated heterocycles. The molecule has 0 radical (unpaired) electrons. The molecule has 2 aliphatic rings. The van der Waals surface area contributed by atoms with Crippen molar-refractivity contribution in [1.82, 2.24) is 4.98 Å². The van der Waals surface area contributed by atoms with Gasteiger partial charge in [0.2, 0.25) is 5.90 Å². The summed E-state index contributed by atoms with van der Waals surface area (Å²) in [6, 6.07) is 6.94. The molecule has 0 aliphatic carbocycles.